The minimum absolute atomic E-state index is 0.0875. The largest absolute Gasteiger partial charge is 0.490 e. The second-order valence-electron chi connectivity index (χ2n) is 8.84. The van der Waals surface area contributed by atoms with Gasteiger partial charge in [0.15, 0.2) is 15.5 Å². The van der Waals surface area contributed by atoms with Gasteiger partial charge in [-0.2, -0.15) is 28.0 Å². The average Bonchev–Trinajstić information content (AvgIpc) is 3.54. The second-order valence-corrected chi connectivity index (χ2v) is 11.0. The van der Waals surface area contributed by atoms with Gasteiger partial charge in [0.2, 0.25) is 0 Å². The third kappa shape index (κ3) is 8.16. The van der Waals surface area contributed by atoms with Crippen LogP contribution in [0.4, 0.5) is 30.5 Å². The Bertz CT molecular complexity index is 1560. The van der Waals surface area contributed by atoms with E-state index in [1.807, 2.05) is 37.3 Å². The zero-order valence-corrected chi connectivity index (χ0v) is 21.8. The molecule has 1 saturated carbocycles. The molecule has 11 nitrogen and oxygen atoms in total. The number of hydrogen-bond acceptors (Lipinski definition) is 9. The number of benzene rings is 1. The Morgan fingerprint density at radius 3 is 2.54 bits per heavy atom. The molecule has 3 aromatic rings. The van der Waals surface area contributed by atoms with Crippen molar-refractivity contribution in [2.75, 3.05) is 23.4 Å². The number of sulfone groups is 1. The smallest absolute Gasteiger partial charge is 0.475 e. The van der Waals surface area contributed by atoms with Gasteiger partial charge in [-0.1, -0.05) is 12.1 Å². The molecular formula is C24H26F3N7O4S. The molecule has 0 amide bonds. The molecule has 0 atom stereocenters. The molecule has 2 aromatic heterocycles. The molecule has 5 N–H and O–H groups in total. The van der Waals surface area contributed by atoms with Crippen LogP contribution in [0.15, 0.2) is 36.5 Å². The highest BCUT2D eigenvalue weighted by Crippen LogP contribution is 2.29. The van der Waals surface area contributed by atoms with Crippen LogP contribution >= 0.6 is 0 Å². The average molecular weight is 566 g/mol. The Balaban J connectivity index is 0.000000532. The fourth-order valence-electron chi connectivity index (χ4n) is 3.54. The molecule has 1 fully saturated rings. The zero-order valence-electron chi connectivity index (χ0n) is 21.0. The van der Waals surface area contributed by atoms with Crippen LogP contribution in [0, 0.1) is 11.3 Å². The van der Waals surface area contributed by atoms with Gasteiger partial charge in [-0.15, -0.1) is 0 Å². The van der Waals surface area contributed by atoms with Gasteiger partial charge in [-0.25, -0.2) is 18.2 Å². The van der Waals surface area contributed by atoms with Crippen LogP contribution in [0.3, 0.4) is 0 Å². The van der Waals surface area contributed by atoms with E-state index in [4.69, 9.17) is 15.6 Å². The molecule has 0 bridgehead atoms. The highest BCUT2D eigenvalue weighted by molar-refractivity contribution is 7.89. The predicted octanol–water partition coefficient (Wildman–Crippen LogP) is 3.46. The highest BCUT2D eigenvalue weighted by Gasteiger charge is 2.38. The summed E-state index contributed by atoms with van der Waals surface area (Å²) in [5.74, 6) is -1.57. The number of alkyl halides is 3. The molecule has 15 heteroatoms. The van der Waals surface area contributed by atoms with Crippen molar-refractivity contribution >= 4 is 44.3 Å². The van der Waals surface area contributed by atoms with Crippen molar-refractivity contribution in [3.8, 4) is 6.07 Å². The lowest BCUT2D eigenvalue weighted by Gasteiger charge is -2.14. The highest BCUT2D eigenvalue weighted by atomic mass is 32.2. The first-order valence-corrected chi connectivity index (χ1v) is 13.6. The van der Waals surface area contributed by atoms with Crippen LogP contribution < -0.4 is 16.4 Å². The number of carbonyl (C=O) groups is 1. The molecule has 39 heavy (non-hydrogen) atoms. The van der Waals surface area contributed by atoms with Gasteiger partial charge in [0.25, 0.3) is 0 Å². The maximum Gasteiger partial charge on any atom is 0.490 e. The summed E-state index contributed by atoms with van der Waals surface area (Å²) >= 11 is 0. The summed E-state index contributed by atoms with van der Waals surface area (Å²) in [6, 6.07) is 9.91. The normalized spacial score (nSPS) is 13.8. The molecule has 1 aliphatic rings. The Morgan fingerprint density at radius 1 is 1.33 bits per heavy atom. The molecule has 2 heterocycles. The van der Waals surface area contributed by atoms with E-state index in [1.54, 1.807) is 4.52 Å². The van der Waals surface area contributed by atoms with Crippen molar-refractivity contribution in [2.24, 2.45) is 5.73 Å². The quantitative estimate of drug-likeness (QED) is 0.316. The minimum atomic E-state index is -5.08. The lowest BCUT2D eigenvalue weighted by molar-refractivity contribution is -0.192. The van der Waals surface area contributed by atoms with E-state index in [0.29, 0.717) is 40.9 Å². The van der Waals surface area contributed by atoms with Crippen LogP contribution in [0.5, 0.6) is 0 Å². The number of rotatable bonds is 8. The molecule has 0 unspecified atom stereocenters. The number of nitrogens with one attached hydrogen (secondary N) is 2. The Hall–Kier alpha value is -4.16. The zero-order chi connectivity index (χ0) is 29.0. The number of carboxylic acid groups (broad SMARTS) is 1. The number of aromatic nitrogens is 3. The Kier molecular flexibility index (Phi) is 8.82. The fourth-order valence-corrected chi connectivity index (χ4v) is 4.34. The molecule has 1 aliphatic carbocycles. The molecule has 0 saturated heterocycles. The molecule has 208 valence electrons. The van der Waals surface area contributed by atoms with Crippen molar-refractivity contribution in [3.05, 3.63) is 53.2 Å². The predicted molar refractivity (Wildman–Crippen MR) is 139 cm³/mol. The minimum Gasteiger partial charge on any atom is -0.475 e. The van der Waals surface area contributed by atoms with Gasteiger partial charge in [-0.05, 0) is 48.6 Å². The topological polar surface area (TPSA) is 175 Å². The van der Waals surface area contributed by atoms with Gasteiger partial charge in [-0.3, -0.25) is 0 Å². The number of aliphatic carboxylic acids is 1. The molecular weight excluding hydrogens is 539 g/mol. The van der Waals surface area contributed by atoms with Crippen molar-refractivity contribution in [2.45, 2.75) is 37.7 Å². The molecule has 0 radical (unpaired) electrons. The van der Waals surface area contributed by atoms with Crippen LogP contribution in [0.25, 0.3) is 11.2 Å². The molecule has 0 aliphatic heterocycles. The second kappa shape index (κ2) is 11.7. The number of nitrogens with two attached hydrogens (primary N) is 1. The number of halogens is 3. The van der Waals surface area contributed by atoms with E-state index >= 15 is 0 Å². The summed E-state index contributed by atoms with van der Waals surface area (Å²) in [4.78, 5) is 13.5. The first kappa shape index (κ1) is 29.4. The lowest BCUT2D eigenvalue weighted by atomic mass is 10.0. The van der Waals surface area contributed by atoms with Gasteiger partial charge in [0.05, 0.1) is 11.9 Å². The summed E-state index contributed by atoms with van der Waals surface area (Å²) in [6.45, 7) is 2.28. The van der Waals surface area contributed by atoms with Crippen molar-refractivity contribution < 1.29 is 31.5 Å². The van der Waals surface area contributed by atoms with Crippen molar-refractivity contribution in [1.82, 2.24) is 14.6 Å². The van der Waals surface area contributed by atoms with Gasteiger partial charge in [0.1, 0.15) is 23.3 Å². The number of nitriles is 1. The van der Waals surface area contributed by atoms with Crippen LogP contribution in [0.2, 0.25) is 0 Å². The molecule has 1 aromatic carbocycles. The number of allylic oxidation sites excluding steroid dienone is 1. The molecule has 0 spiro atoms. The van der Waals surface area contributed by atoms with E-state index in [1.165, 1.54) is 12.5 Å². The summed E-state index contributed by atoms with van der Waals surface area (Å²) in [5.41, 5.74) is 9.61. The summed E-state index contributed by atoms with van der Waals surface area (Å²) in [5, 5.41) is 27.5. The first-order valence-electron chi connectivity index (χ1n) is 11.5. The number of nitrogens with zero attached hydrogens (tertiary/aromatic N) is 4. The van der Waals surface area contributed by atoms with Crippen molar-refractivity contribution in [1.29, 1.82) is 5.26 Å². The van der Waals surface area contributed by atoms with Crippen LogP contribution in [-0.2, 0) is 20.4 Å². The number of fused-ring (bicyclic) bond motifs is 1. The third-order valence-electron chi connectivity index (χ3n) is 5.41. The third-order valence-corrected chi connectivity index (χ3v) is 6.24. The Morgan fingerprint density at radius 2 is 2.00 bits per heavy atom. The number of anilines is 3. The Labute approximate surface area is 222 Å². The molecule has 4 rings (SSSR count). The first-order chi connectivity index (χ1) is 18.2. The van der Waals surface area contributed by atoms with E-state index in [2.05, 4.69) is 26.8 Å². The number of carboxylic acids is 1. The summed E-state index contributed by atoms with van der Waals surface area (Å²) in [7, 11) is -3.24. The number of hydrogen-bond donors (Lipinski definition) is 4. The fraction of sp³-hybridized carbons (Fsp3) is 0.333. The van der Waals surface area contributed by atoms with Gasteiger partial charge < -0.3 is 21.5 Å². The van der Waals surface area contributed by atoms with Gasteiger partial charge >= 0.3 is 12.1 Å². The standard InChI is InChI=1S/C22H25N7O2S.C2HF3O2/c1-14(7-8-23)19-6-5-18(9-15(19)13-32(2,30)31)26-20-10-21(27-17-3-4-17)29-22(28-20)16(11-24)12-25-29;3-2(4,5)1(6)7/h5-7,9-10,12,17,27H,3-4,8,13,23H2,1-2H3,(H,26,28);(H,6,7)/b14-7+;. The summed E-state index contributed by atoms with van der Waals surface area (Å²) < 4.78 is 57.4. The van der Waals surface area contributed by atoms with E-state index in [-0.39, 0.29) is 5.75 Å². The van der Waals surface area contributed by atoms with E-state index < -0.39 is 22.0 Å². The maximum absolute atomic E-state index is 12.0. The maximum atomic E-state index is 12.0. The SMILES string of the molecule is C/C(=C\CN)c1ccc(Nc2cc(NC3CC3)n3ncc(C#N)c3n2)cc1CS(C)(=O)=O.O=C(O)C(F)(F)F. The van der Waals surface area contributed by atoms with Crippen LogP contribution in [-0.4, -0.2) is 59.1 Å². The van der Waals surface area contributed by atoms with E-state index in [9.17, 15) is 26.9 Å². The van der Waals surface area contributed by atoms with E-state index in [0.717, 1.165) is 29.8 Å². The van der Waals surface area contributed by atoms with Gasteiger partial charge in [0, 0.05) is 30.6 Å². The summed E-state index contributed by atoms with van der Waals surface area (Å²) in [6.07, 6.45) is 1.67. The lowest BCUT2D eigenvalue weighted by Crippen LogP contribution is -2.21. The monoisotopic (exact) mass is 565 g/mol. The van der Waals surface area contributed by atoms with Crippen LogP contribution in [0.1, 0.15) is 36.5 Å². The van der Waals surface area contributed by atoms with Crippen molar-refractivity contribution in [3.63, 3.8) is 0 Å².